The summed E-state index contributed by atoms with van der Waals surface area (Å²) in [7, 11) is 0. The number of benzene rings is 2. The maximum Gasteiger partial charge on any atom is 0.244 e. The molecule has 0 aliphatic rings. The van der Waals surface area contributed by atoms with E-state index in [1.54, 1.807) is 18.2 Å². The van der Waals surface area contributed by atoms with Gasteiger partial charge in [-0.15, -0.1) is 0 Å². The SMILES string of the molecule is CC(=O)N(CCc1ccccc1F)CC(=O)Nc1ccccc1C(C)C. The van der Waals surface area contributed by atoms with Gasteiger partial charge in [0, 0.05) is 19.2 Å². The highest BCUT2D eigenvalue weighted by Crippen LogP contribution is 2.23. The summed E-state index contributed by atoms with van der Waals surface area (Å²) in [6, 6.07) is 14.1. The van der Waals surface area contributed by atoms with Gasteiger partial charge in [0.2, 0.25) is 11.8 Å². The predicted octanol–water partition coefficient (Wildman–Crippen LogP) is 3.98. The van der Waals surface area contributed by atoms with Crippen molar-refractivity contribution in [3.05, 3.63) is 65.5 Å². The Hall–Kier alpha value is -2.69. The Labute approximate surface area is 154 Å². The number of rotatable bonds is 7. The van der Waals surface area contributed by atoms with Crippen molar-refractivity contribution in [2.45, 2.75) is 33.1 Å². The van der Waals surface area contributed by atoms with Gasteiger partial charge in [0.15, 0.2) is 0 Å². The molecule has 0 aliphatic carbocycles. The molecule has 0 saturated carbocycles. The second kappa shape index (κ2) is 9.13. The van der Waals surface area contributed by atoms with Crippen molar-refractivity contribution in [2.75, 3.05) is 18.4 Å². The van der Waals surface area contributed by atoms with Gasteiger partial charge in [0.25, 0.3) is 0 Å². The Bertz CT molecular complexity index is 774. The third-order valence-electron chi connectivity index (χ3n) is 4.25. The molecule has 0 aromatic heterocycles. The number of amides is 2. The summed E-state index contributed by atoms with van der Waals surface area (Å²) in [6.45, 7) is 5.75. The molecule has 5 heteroatoms. The van der Waals surface area contributed by atoms with Gasteiger partial charge in [0.1, 0.15) is 5.82 Å². The van der Waals surface area contributed by atoms with Crippen molar-refractivity contribution in [2.24, 2.45) is 0 Å². The summed E-state index contributed by atoms with van der Waals surface area (Å²) in [5.41, 5.74) is 2.33. The van der Waals surface area contributed by atoms with Gasteiger partial charge in [-0.05, 0) is 35.6 Å². The van der Waals surface area contributed by atoms with Crippen LogP contribution in [-0.2, 0) is 16.0 Å². The molecule has 1 N–H and O–H groups in total. The van der Waals surface area contributed by atoms with Crippen molar-refractivity contribution >= 4 is 17.5 Å². The van der Waals surface area contributed by atoms with Gasteiger partial charge in [-0.25, -0.2) is 4.39 Å². The fraction of sp³-hybridized carbons (Fsp3) is 0.333. The van der Waals surface area contributed by atoms with Crippen molar-refractivity contribution in [1.29, 1.82) is 0 Å². The van der Waals surface area contributed by atoms with Crippen LogP contribution in [0.1, 0.15) is 37.8 Å². The van der Waals surface area contributed by atoms with E-state index >= 15 is 0 Å². The fourth-order valence-electron chi connectivity index (χ4n) is 2.78. The number of halogens is 1. The van der Waals surface area contributed by atoms with Gasteiger partial charge in [-0.3, -0.25) is 9.59 Å². The van der Waals surface area contributed by atoms with E-state index in [1.165, 1.54) is 17.9 Å². The average Bonchev–Trinajstić information content (AvgIpc) is 2.59. The summed E-state index contributed by atoms with van der Waals surface area (Å²) in [4.78, 5) is 25.7. The summed E-state index contributed by atoms with van der Waals surface area (Å²) < 4.78 is 13.7. The van der Waals surface area contributed by atoms with Crippen molar-refractivity contribution < 1.29 is 14.0 Å². The highest BCUT2D eigenvalue weighted by atomic mass is 19.1. The number of para-hydroxylation sites is 1. The molecule has 2 aromatic rings. The molecule has 0 heterocycles. The minimum absolute atomic E-state index is 0.0593. The average molecular weight is 356 g/mol. The second-order valence-corrected chi connectivity index (χ2v) is 6.57. The molecule has 2 rings (SSSR count). The number of hydrogen-bond acceptors (Lipinski definition) is 2. The molecule has 0 aliphatic heterocycles. The minimum atomic E-state index is -0.300. The quantitative estimate of drug-likeness (QED) is 0.816. The first kappa shape index (κ1) is 19.6. The lowest BCUT2D eigenvalue weighted by molar-refractivity contribution is -0.132. The molecule has 0 saturated heterocycles. The van der Waals surface area contributed by atoms with E-state index in [9.17, 15) is 14.0 Å². The van der Waals surface area contributed by atoms with Crippen molar-refractivity contribution in [1.82, 2.24) is 4.90 Å². The Balaban J connectivity index is 2.00. The van der Waals surface area contributed by atoms with E-state index in [-0.39, 0.29) is 36.6 Å². The molecule has 0 spiro atoms. The lowest BCUT2D eigenvalue weighted by atomic mass is 10.0. The minimum Gasteiger partial charge on any atom is -0.333 e. The standard InChI is InChI=1S/C21H25FN2O2/c1-15(2)18-9-5-7-11-20(18)23-21(26)14-24(16(3)25)13-12-17-8-4-6-10-19(17)22/h4-11,15H,12-14H2,1-3H3,(H,23,26). The van der Waals surface area contributed by atoms with Crippen LogP contribution in [0.15, 0.2) is 48.5 Å². The van der Waals surface area contributed by atoms with Crippen LogP contribution < -0.4 is 5.32 Å². The zero-order valence-electron chi connectivity index (χ0n) is 15.5. The number of anilines is 1. The number of nitrogens with one attached hydrogen (secondary N) is 1. The highest BCUT2D eigenvalue weighted by Gasteiger charge is 2.16. The first-order valence-electron chi connectivity index (χ1n) is 8.76. The second-order valence-electron chi connectivity index (χ2n) is 6.57. The smallest absolute Gasteiger partial charge is 0.244 e. The molecule has 2 aromatic carbocycles. The topological polar surface area (TPSA) is 49.4 Å². The van der Waals surface area contributed by atoms with E-state index in [2.05, 4.69) is 19.2 Å². The van der Waals surface area contributed by atoms with Gasteiger partial charge >= 0.3 is 0 Å². The van der Waals surface area contributed by atoms with E-state index in [0.29, 0.717) is 12.0 Å². The van der Waals surface area contributed by atoms with E-state index < -0.39 is 0 Å². The molecule has 2 amide bonds. The third kappa shape index (κ3) is 5.41. The zero-order chi connectivity index (χ0) is 19.1. The molecule has 0 unspecified atom stereocenters. The van der Waals surface area contributed by atoms with Gasteiger partial charge in [0.05, 0.1) is 6.54 Å². The Morgan fingerprint density at radius 2 is 1.73 bits per heavy atom. The van der Waals surface area contributed by atoms with Gasteiger partial charge < -0.3 is 10.2 Å². The lowest BCUT2D eigenvalue weighted by Crippen LogP contribution is -2.38. The summed E-state index contributed by atoms with van der Waals surface area (Å²) in [5.74, 6) is -0.502. The molecular formula is C21H25FN2O2. The molecule has 0 radical (unpaired) electrons. The van der Waals surface area contributed by atoms with Gasteiger partial charge in [-0.2, -0.15) is 0 Å². The molecule has 0 atom stereocenters. The predicted molar refractivity (Wildman–Crippen MR) is 102 cm³/mol. The first-order chi connectivity index (χ1) is 12.4. The van der Waals surface area contributed by atoms with Crippen LogP contribution in [0.5, 0.6) is 0 Å². The summed E-state index contributed by atoms with van der Waals surface area (Å²) in [5, 5.41) is 2.88. The van der Waals surface area contributed by atoms with Crippen LogP contribution in [0, 0.1) is 5.82 Å². The maximum atomic E-state index is 13.7. The van der Waals surface area contributed by atoms with E-state index in [0.717, 1.165) is 11.3 Å². The number of nitrogens with zero attached hydrogens (tertiary/aromatic N) is 1. The Morgan fingerprint density at radius 1 is 1.08 bits per heavy atom. The molecule has 26 heavy (non-hydrogen) atoms. The summed E-state index contributed by atoms with van der Waals surface area (Å²) >= 11 is 0. The molecule has 138 valence electrons. The first-order valence-corrected chi connectivity index (χ1v) is 8.76. The maximum absolute atomic E-state index is 13.7. The van der Waals surface area contributed by atoms with Crippen LogP contribution in [0.3, 0.4) is 0 Å². The van der Waals surface area contributed by atoms with Crippen molar-refractivity contribution in [3.63, 3.8) is 0 Å². The van der Waals surface area contributed by atoms with Crippen LogP contribution in [-0.4, -0.2) is 29.8 Å². The number of carbonyl (C=O) groups is 2. The van der Waals surface area contributed by atoms with Gasteiger partial charge in [-0.1, -0.05) is 50.2 Å². The van der Waals surface area contributed by atoms with Crippen LogP contribution in [0.2, 0.25) is 0 Å². The highest BCUT2D eigenvalue weighted by molar-refractivity contribution is 5.95. The molecule has 0 fully saturated rings. The number of carbonyl (C=O) groups excluding carboxylic acids is 2. The van der Waals surface area contributed by atoms with Crippen molar-refractivity contribution in [3.8, 4) is 0 Å². The monoisotopic (exact) mass is 356 g/mol. The normalized spacial score (nSPS) is 10.7. The molecular weight excluding hydrogens is 331 g/mol. The molecule has 0 bridgehead atoms. The summed E-state index contributed by atoms with van der Waals surface area (Å²) in [6.07, 6.45) is 0.363. The Morgan fingerprint density at radius 3 is 2.38 bits per heavy atom. The zero-order valence-corrected chi connectivity index (χ0v) is 15.5. The molecule has 4 nitrogen and oxygen atoms in total. The van der Waals surface area contributed by atoms with E-state index in [4.69, 9.17) is 0 Å². The lowest BCUT2D eigenvalue weighted by Gasteiger charge is -2.21. The van der Waals surface area contributed by atoms with Crippen LogP contribution in [0.4, 0.5) is 10.1 Å². The van der Waals surface area contributed by atoms with Crippen LogP contribution in [0.25, 0.3) is 0 Å². The number of hydrogen-bond donors (Lipinski definition) is 1. The van der Waals surface area contributed by atoms with E-state index in [1.807, 2.05) is 24.3 Å². The van der Waals surface area contributed by atoms with Crippen LogP contribution >= 0.6 is 0 Å². The Kier molecular flexibility index (Phi) is 6.89. The fourth-order valence-corrected chi connectivity index (χ4v) is 2.78. The third-order valence-corrected chi connectivity index (χ3v) is 4.25. The largest absolute Gasteiger partial charge is 0.333 e.